The first-order valence-corrected chi connectivity index (χ1v) is 11.2. The summed E-state index contributed by atoms with van der Waals surface area (Å²) in [5, 5.41) is 10.5. The highest BCUT2D eigenvalue weighted by atomic mass is 127. The van der Waals surface area contributed by atoms with Crippen LogP contribution in [0.3, 0.4) is 0 Å². The molecule has 0 bridgehead atoms. The van der Waals surface area contributed by atoms with E-state index in [1.165, 1.54) is 18.2 Å². The first kappa shape index (κ1) is 20.7. The average molecular weight is 508 g/mol. The summed E-state index contributed by atoms with van der Waals surface area (Å²) in [7, 11) is -4.10. The number of aromatic hydroxyl groups is 1. The van der Waals surface area contributed by atoms with E-state index in [2.05, 4.69) is 22.6 Å². The quantitative estimate of drug-likeness (QED) is 0.365. The van der Waals surface area contributed by atoms with Crippen LogP contribution in [-0.4, -0.2) is 13.5 Å². The van der Waals surface area contributed by atoms with Crippen LogP contribution in [0.1, 0.15) is 22.3 Å². The molecule has 1 N–H and O–H groups in total. The van der Waals surface area contributed by atoms with Crippen molar-refractivity contribution in [3.8, 4) is 22.6 Å². The number of hydrogen-bond donors (Lipinski definition) is 1. The Bertz CT molecular complexity index is 1130. The van der Waals surface area contributed by atoms with Crippen molar-refractivity contribution >= 4 is 32.7 Å². The van der Waals surface area contributed by atoms with Gasteiger partial charge in [-0.15, -0.1) is 0 Å². The van der Waals surface area contributed by atoms with Crippen molar-refractivity contribution in [1.29, 1.82) is 0 Å². The predicted molar refractivity (Wildman–Crippen MR) is 119 cm³/mol. The molecule has 0 fully saturated rings. The zero-order chi connectivity index (χ0) is 20.6. The van der Waals surface area contributed by atoms with Crippen molar-refractivity contribution in [2.24, 2.45) is 0 Å². The lowest BCUT2D eigenvalue weighted by Crippen LogP contribution is -2.11. The monoisotopic (exact) mass is 508 g/mol. The Morgan fingerprint density at radius 3 is 1.96 bits per heavy atom. The van der Waals surface area contributed by atoms with E-state index in [4.69, 9.17) is 4.18 Å². The van der Waals surface area contributed by atoms with Gasteiger partial charge in [0.15, 0.2) is 11.5 Å². The molecule has 0 spiro atoms. The van der Waals surface area contributed by atoms with Crippen molar-refractivity contribution in [1.82, 2.24) is 0 Å². The lowest BCUT2D eigenvalue weighted by Gasteiger charge is -2.18. The van der Waals surface area contributed by atoms with Gasteiger partial charge in [0.1, 0.15) is 4.90 Å². The molecule has 0 saturated carbocycles. The highest BCUT2D eigenvalue weighted by molar-refractivity contribution is 14.1. The minimum absolute atomic E-state index is 0.0414. The molecule has 0 atom stereocenters. The van der Waals surface area contributed by atoms with Gasteiger partial charge >= 0.3 is 10.1 Å². The van der Waals surface area contributed by atoms with Gasteiger partial charge in [-0.2, -0.15) is 8.42 Å². The molecule has 6 heteroatoms. The van der Waals surface area contributed by atoms with Gasteiger partial charge < -0.3 is 9.29 Å². The van der Waals surface area contributed by atoms with Crippen LogP contribution < -0.4 is 4.18 Å². The van der Waals surface area contributed by atoms with Crippen molar-refractivity contribution in [3.05, 3.63) is 74.4 Å². The van der Waals surface area contributed by atoms with Crippen molar-refractivity contribution in [2.75, 3.05) is 0 Å². The zero-order valence-corrected chi connectivity index (χ0v) is 19.1. The minimum atomic E-state index is -4.10. The van der Waals surface area contributed by atoms with Gasteiger partial charge in [-0.1, -0.05) is 35.4 Å². The van der Waals surface area contributed by atoms with Gasteiger partial charge in [-0.05, 0) is 91.2 Å². The predicted octanol–water partition coefficient (Wildman–Crippen LogP) is 5.67. The van der Waals surface area contributed by atoms with E-state index < -0.39 is 10.1 Å². The molecule has 3 rings (SSSR count). The summed E-state index contributed by atoms with van der Waals surface area (Å²) in [5.41, 5.74) is 5.47. The summed E-state index contributed by atoms with van der Waals surface area (Å²) < 4.78 is 32.0. The number of phenolic OH excluding ortho intramolecular Hbond substituents is 1. The maximum atomic E-state index is 12.8. The number of aryl methyl sites for hydroxylation is 4. The fraction of sp³-hybridized carbons (Fsp3) is 0.182. The third-order valence-corrected chi connectivity index (χ3v) is 6.65. The third kappa shape index (κ3) is 4.03. The van der Waals surface area contributed by atoms with Crippen molar-refractivity contribution in [3.63, 3.8) is 0 Å². The molecule has 0 saturated heterocycles. The molecule has 0 aliphatic rings. The number of benzene rings is 3. The molecule has 3 aromatic rings. The number of hydrogen-bond acceptors (Lipinski definition) is 4. The maximum Gasteiger partial charge on any atom is 0.339 e. The van der Waals surface area contributed by atoms with E-state index in [1.807, 2.05) is 39.8 Å². The molecule has 0 unspecified atom stereocenters. The number of phenols is 1. The van der Waals surface area contributed by atoms with Gasteiger partial charge in [0.05, 0.1) is 0 Å². The summed E-state index contributed by atoms with van der Waals surface area (Å²) in [6.45, 7) is 7.82. The van der Waals surface area contributed by atoms with Crippen molar-refractivity contribution < 1.29 is 17.7 Å². The second kappa shape index (κ2) is 7.75. The lowest BCUT2D eigenvalue weighted by atomic mass is 9.93. The van der Waals surface area contributed by atoms with E-state index in [1.54, 1.807) is 18.2 Å². The molecular weight excluding hydrogens is 487 g/mol. The zero-order valence-electron chi connectivity index (χ0n) is 16.1. The fourth-order valence-electron chi connectivity index (χ4n) is 3.30. The van der Waals surface area contributed by atoms with Crippen LogP contribution in [0.15, 0.2) is 53.4 Å². The Morgan fingerprint density at radius 2 is 1.39 bits per heavy atom. The molecule has 3 aromatic carbocycles. The first-order chi connectivity index (χ1) is 13.1. The van der Waals surface area contributed by atoms with E-state index in [0.29, 0.717) is 5.56 Å². The second-order valence-corrected chi connectivity index (χ2v) is 9.60. The average Bonchev–Trinajstić information content (AvgIpc) is 2.60. The van der Waals surface area contributed by atoms with Crippen LogP contribution in [0.25, 0.3) is 11.1 Å². The Morgan fingerprint density at radius 1 is 0.821 bits per heavy atom. The summed E-state index contributed by atoms with van der Waals surface area (Å²) in [6.07, 6.45) is 0. The SMILES string of the molecule is Cc1ccc(S(=O)(=O)Oc2c(O)ccc(I)c2-c2c(C)cc(C)cc2C)cc1. The van der Waals surface area contributed by atoms with Crippen LogP contribution in [0, 0.1) is 31.3 Å². The first-order valence-electron chi connectivity index (χ1n) is 8.71. The lowest BCUT2D eigenvalue weighted by molar-refractivity contribution is 0.429. The van der Waals surface area contributed by atoms with Gasteiger partial charge in [0.25, 0.3) is 0 Å². The van der Waals surface area contributed by atoms with Crippen LogP contribution in [0.5, 0.6) is 11.5 Å². The molecule has 28 heavy (non-hydrogen) atoms. The smallest absolute Gasteiger partial charge is 0.339 e. The summed E-state index contributed by atoms with van der Waals surface area (Å²) >= 11 is 2.13. The Labute approximate surface area is 179 Å². The van der Waals surface area contributed by atoms with E-state index >= 15 is 0 Å². The molecule has 0 aliphatic carbocycles. The molecular formula is C22H21IO4S. The standard InChI is InChI=1S/C22H21IO4S/c1-13-5-7-17(8-6-13)28(25,26)27-22-19(24)10-9-18(23)21(22)20-15(3)11-14(2)12-16(20)4/h5-12,24H,1-4H3. The molecule has 4 nitrogen and oxygen atoms in total. The van der Waals surface area contributed by atoms with Crippen LogP contribution >= 0.6 is 22.6 Å². The normalized spacial score (nSPS) is 11.5. The van der Waals surface area contributed by atoms with Gasteiger partial charge in [0.2, 0.25) is 0 Å². The van der Waals surface area contributed by atoms with Crippen LogP contribution in [0.2, 0.25) is 0 Å². The molecule has 0 radical (unpaired) electrons. The molecule has 146 valence electrons. The van der Waals surface area contributed by atoms with Crippen LogP contribution in [0.4, 0.5) is 0 Å². The van der Waals surface area contributed by atoms with Gasteiger partial charge in [-0.3, -0.25) is 0 Å². The topological polar surface area (TPSA) is 63.6 Å². The summed E-state index contributed by atoms with van der Waals surface area (Å²) in [5.74, 6) is -0.270. The minimum Gasteiger partial charge on any atom is -0.504 e. The second-order valence-electron chi connectivity index (χ2n) is 6.89. The van der Waals surface area contributed by atoms with Crippen LogP contribution in [-0.2, 0) is 10.1 Å². The fourth-order valence-corrected chi connectivity index (χ4v) is 4.95. The Balaban J connectivity index is 2.21. The number of rotatable bonds is 4. The van der Waals surface area contributed by atoms with E-state index in [0.717, 1.165) is 31.4 Å². The summed E-state index contributed by atoms with van der Waals surface area (Å²) in [4.78, 5) is 0.0414. The Kier molecular flexibility index (Phi) is 5.72. The molecule has 0 aliphatic heterocycles. The largest absolute Gasteiger partial charge is 0.504 e. The maximum absolute atomic E-state index is 12.8. The van der Waals surface area contributed by atoms with E-state index in [9.17, 15) is 13.5 Å². The molecule has 0 amide bonds. The molecule has 0 heterocycles. The third-order valence-electron chi connectivity index (χ3n) is 4.52. The van der Waals surface area contributed by atoms with E-state index in [-0.39, 0.29) is 16.4 Å². The highest BCUT2D eigenvalue weighted by Crippen LogP contribution is 2.44. The molecule has 0 aromatic heterocycles. The Hall–Kier alpha value is -2.06. The highest BCUT2D eigenvalue weighted by Gasteiger charge is 2.25. The number of halogens is 1. The van der Waals surface area contributed by atoms with Gasteiger partial charge in [0, 0.05) is 9.13 Å². The summed E-state index contributed by atoms with van der Waals surface area (Å²) in [6, 6.07) is 13.7. The van der Waals surface area contributed by atoms with Crippen molar-refractivity contribution in [2.45, 2.75) is 32.6 Å². The van der Waals surface area contributed by atoms with Gasteiger partial charge in [-0.25, -0.2) is 0 Å².